The number of ether oxygens (including phenoxy) is 2. The predicted octanol–water partition coefficient (Wildman–Crippen LogP) is 3.59. The molecule has 0 spiro atoms. The topological polar surface area (TPSA) is 98.0 Å². The van der Waals surface area contributed by atoms with Crippen molar-refractivity contribution in [2.45, 2.75) is 44.3 Å². The van der Waals surface area contributed by atoms with Gasteiger partial charge in [-0.1, -0.05) is 13.0 Å². The van der Waals surface area contributed by atoms with Crippen molar-refractivity contribution in [3.05, 3.63) is 53.5 Å². The Hall–Kier alpha value is -3.32. The standard InChI is InChI=1S/C22H21F5N4O4/c1-10-16(12-4-5-13(23)17(24)18(12)34-3)19(35-21(10,2)22(25,26)27)20(33)28-11-6-7-31-14(8-11)29-30-15(31)9-32/h4-8,10,16,19,32H,9H2,1-3H3,(H,28,33)/t10-,16-,19+,21+/m0/s1. The first-order chi connectivity index (χ1) is 16.4. The highest BCUT2D eigenvalue weighted by atomic mass is 19.4. The Kier molecular flexibility index (Phi) is 6.18. The molecular formula is C22H21F5N4O4. The fourth-order valence-corrected chi connectivity index (χ4v) is 4.38. The Bertz CT molecular complexity index is 1280. The normalized spacial score (nSPS) is 24.7. The second-order valence-electron chi connectivity index (χ2n) is 8.35. The van der Waals surface area contributed by atoms with Gasteiger partial charge in [0.05, 0.1) is 7.11 Å². The van der Waals surface area contributed by atoms with E-state index in [2.05, 4.69) is 15.5 Å². The van der Waals surface area contributed by atoms with Gasteiger partial charge >= 0.3 is 6.18 Å². The number of carbonyl (C=O) groups is 1. The second kappa shape index (κ2) is 8.72. The number of carbonyl (C=O) groups excluding carboxylic acids is 1. The fourth-order valence-electron chi connectivity index (χ4n) is 4.38. The molecule has 0 unspecified atom stereocenters. The van der Waals surface area contributed by atoms with E-state index in [-0.39, 0.29) is 29.3 Å². The molecule has 3 heterocycles. The van der Waals surface area contributed by atoms with Gasteiger partial charge in [-0.3, -0.25) is 9.20 Å². The average Bonchev–Trinajstić information content (AvgIpc) is 3.34. The molecule has 0 radical (unpaired) electrons. The molecule has 3 aromatic rings. The molecule has 1 amide bonds. The largest absolute Gasteiger partial charge is 0.493 e. The first-order valence-corrected chi connectivity index (χ1v) is 10.4. The van der Waals surface area contributed by atoms with Crippen molar-refractivity contribution < 1.29 is 41.3 Å². The summed E-state index contributed by atoms with van der Waals surface area (Å²) < 4.78 is 82.0. The Balaban J connectivity index is 1.74. The number of alkyl halides is 3. The first-order valence-electron chi connectivity index (χ1n) is 10.4. The van der Waals surface area contributed by atoms with E-state index in [0.717, 1.165) is 26.2 Å². The maximum absolute atomic E-state index is 14.4. The second-order valence-corrected chi connectivity index (χ2v) is 8.35. The molecule has 0 saturated carbocycles. The van der Waals surface area contributed by atoms with Crippen molar-refractivity contribution in [1.82, 2.24) is 14.6 Å². The number of aliphatic hydroxyl groups is 1. The minimum Gasteiger partial charge on any atom is -0.493 e. The van der Waals surface area contributed by atoms with E-state index in [1.807, 2.05) is 0 Å². The highest BCUT2D eigenvalue weighted by Gasteiger charge is 2.65. The van der Waals surface area contributed by atoms with Crippen LogP contribution in [0.1, 0.15) is 31.2 Å². The zero-order chi connectivity index (χ0) is 25.7. The van der Waals surface area contributed by atoms with Crippen molar-refractivity contribution in [1.29, 1.82) is 0 Å². The van der Waals surface area contributed by atoms with E-state index in [9.17, 15) is 31.9 Å². The van der Waals surface area contributed by atoms with Gasteiger partial charge in [-0.05, 0) is 19.1 Å². The number of fused-ring (bicyclic) bond motifs is 1. The van der Waals surface area contributed by atoms with E-state index in [1.165, 1.54) is 29.7 Å². The number of aromatic nitrogens is 3. The van der Waals surface area contributed by atoms with E-state index in [4.69, 9.17) is 9.47 Å². The van der Waals surface area contributed by atoms with Crippen LogP contribution in [0.2, 0.25) is 0 Å². The van der Waals surface area contributed by atoms with Gasteiger partial charge in [0, 0.05) is 35.3 Å². The van der Waals surface area contributed by atoms with Crippen LogP contribution in [-0.2, 0) is 16.1 Å². The summed E-state index contributed by atoms with van der Waals surface area (Å²) in [7, 11) is 1.05. The quantitative estimate of drug-likeness (QED) is 0.520. The molecule has 2 aromatic heterocycles. The van der Waals surface area contributed by atoms with Crippen LogP contribution < -0.4 is 10.1 Å². The van der Waals surface area contributed by atoms with E-state index >= 15 is 0 Å². The van der Waals surface area contributed by atoms with Crippen LogP contribution in [0.5, 0.6) is 5.75 Å². The van der Waals surface area contributed by atoms with Gasteiger partial charge < -0.3 is 19.9 Å². The number of anilines is 1. The van der Waals surface area contributed by atoms with E-state index < -0.39 is 53.0 Å². The van der Waals surface area contributed by atoms with Crippen molar-refractivity contribution in [3.63, 3.8) is 0 Å². The summed E-state index contributed by atoms with van der Waals surface area (Å²) in [4.78, 5) is 13.2. The summed E-state index contributed by atoms with van der Waals surface area (Å²) in [5, 5.41) is 19.4. The molecule has 0 bridgehead atoms. The molecule has 35 heavy (non-hydrogen) atoms. The number of rotatable bonds is 5. The zero-order valence-corrected chi connectivity index (χ0v) is 18.7. The van der Waals surface area contributed by atoms with Crippen molar-refractivity contribution in [2.75, 3.05) is 12.4 Å². The highest BCUT2D eigenvalue weighted by Crippen LogP contribution is 2.55. The van der Waals surface area contributed by atoms with E-state index in [0.29, 0.717) is 0 Å². The lowest BCUT2D eigenvalue weighted by molar-refractivity contribution is -0.272. The SMILES string of the molecule is COc1c([C@H]2[C@H](C(=O)Nc3ccn4c(CO)nnc4c3)O[C@@](C)(C(F)(F)F)[C@H]2C)ccc(F)c1F. The van der Waals surface area contributed by atoms with Gasteiger partial charge in [0.1, 0.15) is 12.7 Å². The number of benzene rings is 1. The highest BCUT2D eigenvalue weighted by molar-refractivity contribution is 5.95. The molecule has 1 aliphatic rings. The van der Waals surface area contributed by atoms with Gasteiger partial charge in [-0.25, -0.2) is 4.39 Å². The molecule has 1 aliphatic heterocycles. The van der Waals surface area contributed by atoms with Crippen LogP contribution in [0.4, 0.5) is 27.6 Å². The Morgan fingerprint density at radius 3 is 2.63 bits per heavy atom. The Morgan fingerprint density at radius 1 is 1.29 bits per heavy atom. The molecule has 4 rings (SSSR count). The summed E-state index contributed by atoms with van der Waals surface area (Å²) in [6.45, 7) is 1.65. The molecule has 2 N–H and O–H groups in total. The van der Waals surface area contributed by atoms with E-state index in [1.54, 1.807) is 0 Å². The number of aliphatic hydroxyl groups excluding tert-OH is 1. The maximum Gasteiger partial charge on any atom is 0.417 e. The molecular weight excluding hydrogens is 479 g/mol. The van der Waals surface area contributed by atoms with Gasteiger partial charge in [-0.15, -0.1) is 10.2 Å². The van der Waals surface area contributed by atoms with Crippen molar-refractivity contribution in [3.8, 4) is 5.75 Å². The maximum atomic E-state index is 14.4. The monoisotopic (exact) mass is 500 g/mol. The number of nitrogens with zero attached hydrogens (tertiary/aromatic N) is 3. The first kappa shape index (κ1) is 24.8. The molecule has 1 aromatic carbocycles. The van der Waals surface area contributed by atoms with Gasteiger partial charge in [-0.2, -0.15) is 17.6 Å². The fraction of sp³-hybridized carbons (Fsp3) is 0.409. The number of pyridine rings is 1. The number of amides is 1. The third kappa shape index (κ3) is 3.97. The zero-order valence-electron chi connectivity index (χ0n) is 18.7. The third-order valence-corrected chi connectivity index (χ3v) is 6.46. The minimum absolute atomic E-state index is 0.132. The smallest absolute Gasteiger partial charge is 0.417 e. The summed E-state index contributed by atoms with van der Waals surface area (Å²) in [5.41, 5.74) is -2.45. The number of methoxy groups -OCH3 is 1. The van der Waals surface area contributed by atoms with Crippen molar-refractivity contribution in [2.24, 2.45) is 5.92 Å². The summed E-state index contributed by atoms with van der Waals surface area (Å²) in [6, 6.07) is 4.68. The lowest BCUT2D eigenvalue weighted by Crippen LogP contribution is -2.47. The molecule has 4 atom stereocenters. The Morgan fingerprint density at radius 2 is 2.00 bits per heavy atom. The molecule has 1 fully saturated rings. The molecule has 1 saturated heterocycles. The lowest BCUT2D eigenvalue weighted by Gasteiger charge is -2.32. The number of halogens is 5. The van der Waals surface area contributed by atoms with Gasteiger partial charge in [0.2, 0.25) is 5.82 Å². The average molecular weight is 500 g/mol. The molecule has 188 valence electrons. The summed E-state index contributed by atoms with van der Waals surface area (Å²) in [5.74, 6) is -6.62. The van der Waals surface area contributed by atoms with Gasteiger partial charge in [0.15, 0.2) is 28.6 Å². The van der Waals surface area contributed by atoms with Crippen molar-refractivity contribution >= 4 is 17.2 Å². The summed E-state index contributed by atoms with van der Waals surface area (Å²) in [6.07, 6.45) is -5.13. The Labute approximate surface area is 195 Å². The molecule has 13 heteroatoms. The van der Waals surface area contributed by atoms with Crippen LogP contribution in [0.15, 0.2) is 30.5 Å². The molecule has 8 nitrogen and oxygen atoms in total. The lowest BCUT2D eigenvalue weighted by atomic mass is 9.77. The number of nitrogens with one attached hydrogen (secondary N) is 1. The van der Waals surface area contributed by atoms with Gasteiger partial charge in [0.25, 0.3) is 5.91 Å². The number of hydrogen-bond acceptors (Lipinski definition) is 6. The predicted molar refractivity (Wildman–Crippen MR) is 112 cm³/mol. The molecule has 0 aliphatic carbocycles. The van der Waals surface area contributed by atoms with Crippen LogP contribution >= 0.6 is 0 Å². The van der Waals surface area contributed by atoms with Crippen LogP contribution in [0.3, 0.4) is 0 Å². The van der Waals surface area contributed by atoms with Crippen LogP contribution in [0, 0.1) is 17.6 Å². The number of hydrogen-bond donors (Lipinski definition) is 2. The minimum atomic E-state index is -4.87. The summed E-state index contributed by atoms with van der Waals surface area (Å²) >= 11 is 0. The van der Waals surface area contributed by atoms with Crippen LogP contribution in [-0.4, -0.2) is 50.6 Å². The van der Waals surface area contributed by atoms with Crippen LogP contribution in [0.25, 0.3) is 5.65 Å². The third-order valence-electron chi connectivity index (χ3n) is 6.46.